The Bertz CT molecular complexity index is 969. The van der Waals surface area contributed by atoms with Crippen molar-refractivity contribution in [2.75, 3.05) is 26.7 Å². The van der Waals surface area contributed by atoms with Crippen LogP contribution < -0.4 is 15.4 Å². The fourth-order valence-electron chi connectivity index (χ4n) is 3.71. The first-order valence-corrected chi connectivity index (χ1v) is 12.0. The third kappa shape index (κ3) is 6.45. The molecule has 31 heavy (non-hydrogen) atoms. The second-order valence-corrected chi connectivity index (χ2v) is 9.85. The van der Waals surface area contributed by atoms with Crippen molar-refractivity contribution in [3.8, 4) is 5.75 Å². The Morgan fingerprint density at radius 2 is 1.81 bits per heavy atom. The summed E-state index contributed by atoms with van der Waals surface area (Å²) in [4.78, 5) is 12.4. The van der Waals surface area contributed by atoms with Gasteiger partial charge in [-0.3, -0.25) is 0 Å². The van der Waals surface area contributed by atoms with Gasteiger partial charge in [0.1, 0.15) is 5.75 Å². The molecule has 0 atom stereocenters. The van der Waals surface area contributed by atoms with Crippen molar-refractivity contribution < 1.29 is 17.9 Å². The minimum Gasteiger partial charge on any atom is -0.497 e. The van der Waals surface area contributed by atoms with Crippen LogP contribution in [0, 0.1) is 12.8 Å². The molecule has 0 radical (unpaired) electrons. The topological polar surface area (TPSA) is 87.7 Å². The fraction of sp³-hybridized carbons (Fsp3) is 0.435. The molecule has 2 aromatic rings. The predicted molar refractivity (Wildman–Crippen MR) is 121 cm³/mol. The third-order valence-corrected chi connectivity index (χ3v) is 7.57. The van der Waals surface area contributed by atoms with Gasteiger partial charge in [-0.15, -0.1) is 0 Å². The van der Waals surface area contributed by atoms with Crippen LogP contribution >= 0.6 is 0 Å². The van der Waals surface area contributed by atoms with Crippen molar-refractivity contribution in [3.63, 3.8) is 0 Å². The van der Waals surface area contributed by atoms with Gasteiger partial charge in [-0.1, -0.05) is 29.8 Å². The first-order chi connectivity index (χ1) is 14.9. The second kappa shape index (κ2) is 10.6. The molecule has 2 amide bonds. The smallest absolute Gasteiger partial charge is 0.315 e. The average molecular weight is 446 g/mol. The molecule has 1 heterocycles. The van der Waals surface area contributed by atoms with E-state index in [4.69, 9.17) is 4.74 Å². The molecular formula is C23H31N3O4S. The molecule has 0 spiro atoms. The van der Waals surface area contributed by atoms with Crippen molar-refractivity contribution in [1.82, 2.24) is 14.9 Å². The number of carbonyl (C=O) groups is 1. The number of aryl methyl sites for hydroxylation is 1. The van der Waals surface area contributed by atoms with Gasteiger partial charge < -0.3 is 15.4 Å². The molecule has 1 aliphatic rings. The number of hydrogen-bond donors (Lipinski definition) is 2. The first-order valence-electron chi connectivity index (χ1n) is 10.6. The number of carbonyl (C=O) groups excluding carboxylic acids is 1. The first kappa shape index (κ1) is 23.1. The number of ether oxygens (including phenoxy) is 1. The van der Waals surface area contributed by atoms with E-state index < -0.39 is 10.0 Å². The molecular weight excluding hydrogens is 414 g/mol. The van der Waals surface area contributed by atoms with Crippen molar-refractivity contribution in [1.29, 1.82) is 0 Å². The summed E-state index contributed by atoms with van der Waals surface area (Å²) in [6, 6.07) is 14.4. The highest BCUT2D eigenvalue weighted by Gasteiger charge is 2.29. The quantitative estimate of drug-likeness (QED) is 0.653. The van der Waals surface area contributed by atoms with E-state index >= 15 is 0 Å². The largest absolute Gasteiger partial charge is 0.497 e. The summed E-state index contributed by atoms with van der Waals surface area (Å²) >= 11 is 0. The number of hydrogen-bond acceptors (Lipinski definition) is 4. The summed E-state index contributed by atoms with van der Waals surface area (Å²) in [6.45, 7) is 3.97. The summed E-state index contributed by atoms with van der Waals surface area (Å²) in [5.41, 5.74) is 2.01. The summed E-state index contributed by atoms with van der Waals surface area (Å²) in [6.07, 6.45) is 2.45. The minimum atomic E-state index is -3.43. The van der Waals surface area contributed by atoms with Crippen molar-refractivity contribution in [2.45, 2.75) is 37.6 Å². The zero-order chi connectivity index (χ0) is 22.3. The summed E-state index contributed by atoms with van der Waals surface area (Å²) < 4.78 is 32.3. The van der Waals surface area contributed by atoms with Gasteiger partial charge in [0.05, 0.1) is 12.0 Å². The van der Waals surface area contributed by atoms with Gasteiger partial charge in [-0.25, -0.2) is 13.2 Å². The predicted octanol–water partition coefficient (Wildman–Crippen LogP) is 3.29. The van der Waals surface area contributed by atoms with Crippen LogP contribution in [0.3, 0.4) is 0 Å². The standard InChI is InChI=1S/C23H31N3O4S/c1-18-6-8-22(9-7-18)31(28,29)26-14-11-19(12-15-26)10-13-24-23(27)25-17-20-4-3-5-21(16-20)30-2/h3-9,16,19H,10-15,17H2,1-2H3,(H2,24,25,27). The van der Waals surface area contributed by atoms with Crippen molar-refractivity contribution >= 4 is 16.1 Å². The van der Waals surface area contributed by atoms with Crippen LogP contribution in [-0.2, 0) is 16.6 Å². The van der Waals surface area contributed by atoms with Crippen LogP contribution in [0.4, 0.5) is 4.79 Å². The highest BCUT2D eigenvalue weighted by molar-refractivity contribution is 7.89. The van der Waals surface area contributed by atoms with Gasteiger partial charge in [0, 0.05) is 26.2 Å². The summed E-state index contributed by atoms with van der Waals surface area (Å²) in [5, 5.41) is 5.73. The monoisotopic (exact) mass is 445 g/mol. The van der Waals surface area contributed by atoms with Gasteiger partial charge in [0.2, 0.25) is 10.0 Å². The molecule has 0 unspecified atom stereocenters. The number of urea groups is 1. The molecule has 2 aromatic carbocycles. The molecule has 1 saturated heterocycles. The van der Waals surface area contributed by atoms with Gasteiger partial charge in [0.15, 0.2) is 0 Å². The lowest BCUT2D eigenvalue weighted by molar-refractivity contribution is 0.235. The summed E-state index contributed by atoms with van der Waals surface area (Å²) in [7, 11) is -1.82. The van der Waals surface area contributed by atoms with Crippen LogP contribution in [0.25, 0.3) is 0 Å². The lowest BCUT2D eigenvalue weighted by Crippen LogP contribution is -2.40. The van der Waals surface area contributed by atoms with E-state index in [0.29, 0.717) is 37.0 Å². The maximum atomic E-state index is 12.8. The number of benzene rings is 2. The Labute approximate surface area is 184 Å². The number of nitrogens with zero attached hydrogens (tertiary/aromatic N) is 1. The Morgan fingerprint density at radius 3 is 2.48 bits per heavy atom. The molecule has 1 aliphatic heterocycles. The molecule has 0 bridgehead atoms. The maximum absolute atomic E-state index is 12.8. The number of rotatable bonds is 8. The van der Waals surface area contributed by atoms with Gasteiger partial charge in [0.25, 0.3) is 0 Å². The zero-order valence-electron chi connectivity index (χ0n) is 18.1. The van der Waals surface area contributed by atoms with Crippen LogP contribution in [0.1, 0.15) is 30.4 Å². The molecule has 3 rings (SSSR count). The zero-order valence-corrected chi connectivity index (χ0v) is 19.0. The molecule has 2 N–H and O–H groups in total. The van der Waals surface area contributed by atoms with Crippen molar-refractivity contribution in [2.24, 2.45) is 5.92 Å². The van der Waals surface area contributed by atoms with Gasteiger partial charge in [-0.05, 0) is 61.9 Å². The number of nitrogens with one attached hydrogen (secondary N) is 2. The molecule has 0 aliphatic carbocycles. The van der Waals surface area contributed by atoms with E-state index in [0.717, 1.165) is 36.1 Å². The van der Waals surface area contributed by atoms with Crippen molar-refractivity contribution in [3.05, 3.63) is 59.7 Å². The molecule has 8 heteroatoms. The Balaban J connectivity index is 1.37. The SMILES string of the molecule is COc1cccc(CNC(=O)NCCC2CCN(S(=O)(=O)c3ccc(C)cc3)CC2)c1. The van der Waals surface area contributed by atoms with Gasteiger partial charge >= 0.3 is 6.03 Å². The fourth-order valence-corrected chi connectivity index (χ4v) is 5.18. The summed E-state index contributed by atoms with van der Waals surface area (Å²) in [5.74, 6) is 1.17. The molecule has 168 valence electrons. The highest BCUT2D eigenvalue weighted by Crippen LogP contribution is 2.25. The Hall–Kier alpha value is -2.58. The molecule has 1 fully saturated rings. The minimum absolute atomic E-state index is 0.206. The van der Waals surface area contributed by atoms with Crippen LogP contribution in [0.15, 0.2) is 53.4 Å². The van der Waals surface area contributed by atoms with Crippen LogP contribution in [0.5, 0.6) is 5.75 Å². The Morgan fingerprint density at radius 1 is 1.10 bits per heavy atom. The van der Waals surface area contributed by atoms with Gasteiger partial charge in [-0.2, -0.15) is 4.31 Å². The molecule has 0 aromatic heterocycles. The number of amides is 2. The number of methoxy groups -OCH3 is 1. The van der Waals surface area contributed by atoms with Crippen LogP contribution in [0.2, 0.25) is 0 Å². The molecule has 7 nitrogen and oxygen atoms in total. The van der Waals surface area contributed by atoms with E-state index in [2.05, 4.69) is 10.6 Å². The van der Waals surface area contributed by atoms with E-state index in [1.165, 1.54) is 0 Å². The van der Waals surface area contributed by atoms with E-state index in [1.54, 1.807) is 23.5 Å². The lowest BCUT2D eigenvalue weighted by Gasteiger charge is -2.31. The van der Waals surface area contributed by atoms with Crippen LogP contribution in [-0.4, -0.2) is 45.5 Å². The second-order valence-electron chi connectivity index (χ2n) is 7.91. The van der Waals surface area contributed by atoms with E-state index in [-0.39, 0.29) is 6.03 Å². The molecule has 0 saturated carbocycles. The van der Waals surface area contributed by atoms with E-state index in [1.807, 2.05) is 43.3 Å². The Kier molecular flexibility index (Phi) is 7.92. The third-order valence-electron chi connectivity index (χ3n) is 5.66. The normalized spacial score (nSPS) is 15.4. The lowest BCUT2D eigenvalue weighted by atomic mass is 9.95. The average Bonchev–Trinajstić information content (AvgIpc) is 2.78. The number of sulfonamides is 1. The van der Waals surface area contributed by atoms with E-state index in [9.17, 15) is 13.2 Å². The number of piperidine rings is 1. The maximum Gasteiger partial charge on any atom is 0.315 e. The highest BCUT2D eigenvalue weighted by atomic mass is 32.2.